The normalized spacial score (nSPS) is 18.6. The van der Waals surface area contributed by atoms with E-state index in [4.69, 9.17) is 28.2 Å². The third-order valence-electron chi connectivity index (χ3n) is 4.40. The molecule has 0 aliphatic carbocycles. The molecule has 0 N–H and O–H groups in total. The van der Waals surface area contributed by atoms with Gasteiger partial charge in [-0.3, -0.25) is 9.69 Å². The predicted molar refractivity (Wildman–Crippen MR) is 117 cm³/mol. The predicted octanol–water partition coefficient (Wildman–Crippen LogP) is 6.70. The first kappa shape index (κ1) is 20.0. The molecule has 0 aromatic heterocycles. The number of rotatable bonds is 4. The van der Waals surface area contributed by atoms with Crippen LogP contribution in [0.3, 0.4) is 0 Å². The van der Waals surface area contributed by atoms with Gasteiger partial charge in [-0.2, -0.15) is 0 Å². The fourth-order valence-corrected chi connectivity index (χ4v) is 4.08. The van der Waals surface area contributed by atoms with Gasteiger partial charge in [-0.25, -0.2) is 4.99 Å². The van der Waals surface area contributed by atoms with Crippen LogP contribution in [0.2, 0.25) is 10.0 Å². The summed E-state index contributed by atoms with van der Waals surface area (Å²) in [5.74, 6) is -0.0590. The summed E-state index contributed by atoms with van der Waals surface area (Å²) in [6.45, 7) is 6.12. The van der Waals surface area contributed by atoms with Crippen LogP contribution in [0.15, 0.2) is 52.4 Å². The number of amides is 1. The maximum absolute atomic E-state index is 13.0. The van der Waals surface area contributed by atoms with E-state index in [0.29, 0.717) is 20.1 Å². The molecule has 1 aliphatic heterocycles. The van der Waals surface area contributed by atoms with Crippen LogP contribution in [0.4, 0.5) is 5.69 Å². The van der Waals surface area contributed by atoms with Crippen LogP contribution in [-0.4, -0.2) is 22.0 Å². The van der Waals surface area contributed by atoms with E-state index >= 15 is 0 Å². The van der Waals surface area contributed by atoms with Crippen LogP contribution in [0, 0.1) is 6.92 Å². The van der Waals surface area contributed by atoms with E-state index < -0.39 is 0 Å². The van der Waals surface area contributed by atoms with Crippen molar-refractivity contribution in [1.82, 2.24) is 4.90 Å². The van der Waals surface area contributed by atoms with E-state index in [1.54, 1.807) is 17.0 Å². The minimum atomic E-state index is -0.0590. The molecule has 1 saturated heterocycles. The Kier molecular flexibility index (Phi) is 6.30. The number of halogens is 2. The van der Waals surface area contributed by atoms with Gasteiger partial charge in [0.05, 0.1) is 20.6 Å². The zero-order chi connectivity index (χ0) is 19.6. The first-order valence-electron chi connectivity index (χ1n) is 8.73. The smallest absolute Gasteiger partial charge is 0.267 e. The molecule has 140 valence electrons. The zero-order valence-electron chi connectivity index (χ0n) is 15.4. The van der Waals surface area contributed by atoms with Crippen LogP contribution in [0.5, 0.6) is 0 Å². The molecule has 2 aromatic rings. The van der Waals surface area contributed by atoms with Gasteiger partial charge in [0, 0.05) is 6.04 Å². The molecule has 1 aliphatic rings. The Hall–Kier alpha value is -1.75. The number of carbonyl (C=O) groups excluding carboxylic acids is 1. The van der Waals surface area contributed by atoms with Crippen LogP contribution < -0.4 is 0 Å². The fourth-order valence-electron chi connectivity index (χ4n) is 2.64. The fraction of sp³-hybridized carbons (Fsp3) is 0.238. The molecule has 1 heterocycles. The highest BCUT2D eigenvalue weighted by Gasteiger charge is 2.36. The lowest BCUT2D eigenvalue weighted by Gasteiger charge is -2.22. The lowest BCUT2D eigenvalue weighted by molar-refractivity contribution is -0.123. The molecular formula is C21H20Cl2N2OS. The van der Waals surface area contributed by atoms with Crippen molar-refractivity contribution >= 4 is 57.8 Å². The number of hydrogen-bond acceptors (Lipinski definition) is 3. The summed E-state index contributed by atoms with van der Waals surface area (Å²) in [6, 6.07) is 13.4. The Morgan fingerprint density at radius 3 is 2.56 bits per heavy atom. The lowest BCUT2D eigenvalue weighted by atomic mass is 10.2. The van der Waals surface area contributed by atoms with Gasteiger partial charge < -0.3 is 0 Å². The molecule has 1 atom stereocenters. The Morgan fingerprint density at radius 2 is 1.89 bits per heavy atom. The molecule has 6 heteroatoms. The number of carbonyl (C=O) groups is 1. The Labute approximate surface area is 174 Å². The quantitative estimate of drug-likeness (QED) is 0.517. The second kappa shape index (κ2) is 8.51. The van der Waals surface area contributed by atoms with Crippen LogP contribution >= 0.6 is 35.0 Å². The second-order valence-corrected chi connectivity index (χ2v) is 8.21. The minimum absolute atomic E-state index is 0.0509. The Morgan fingerprint density at radius 1 is 1.19 bits per heavy atom. The molecule has 1 fully saturated rings. The molecule has 0 bridgehead atoms. The summed E-state index contributed by atoms with van der Waals surface area (Å²) >= 11 is 13.7. The van der Waals surface area contributed by atoms with Crippen molar-refractivity contribution in [2.75, 3.05) is 0 Å². The number of aliphatic imine (C=N–C) groups is 1. The number of hydrogen-bond donors (Lipinski definition) is 0. The molecule has 3 rings (SSSR count). The van der Waals surface area contributed by atoms with Crippen molar-refractivity contribution in [3.05, 3.63) is 68.5 Å². The number of nitrogens with zero attached hydrogens (tertiary/aromatic N) is 2. The van der Waals surface area contributed by atoms with Crippen LogP contribution in [0.25, 0.3) is 6.08 Å². The van der Waals surface area contributed by atoms with Gasteiger partial charge in [-0.05, 0) is 61.9 Å². The molecule has 3 nitrogen and oxygen atoms in total. The summed E-state index contributed by atoms with van der Waals surface area (Å²) in [7, 11) is 0. The van der Waals surface area contributed by atoms with Gasteiger partial charge in [0.1, 0.15) is 0 Å². The summed E-state index contributed by atoms with van der Waals surface area (Å²) in [5.41, 5.74) is 2.72. The van der Waals surface area contributed by atoms with Crippen molar-refractivity contribution < 1.29 is 4.79 Å². The van der Waals surface area contributed by atoms with E-state index in [0.717, 1.165) is 17.7 Å². The molecule has 0 unspecified atom stereocenters. The highest BCUT2D eigenvalue weighted by atomic mass is 35.5. The lowest BCUT2D eigenvalue weighted by Crippen LogP contribution is -2.36. The minimum Gasteiger partial charge on any atom is -0.284 e. The maximum atomic E-state index is 13.0. The maximum Gasteiger partial charge on any atom is 0.267 e. The van der Waals surface area contributed by atoms with Crippen molar-refractivity contribution in [3.63, 3.8) is 0 Å². The van der Waals surface area contributed by atoms with E-state index in [1.807, 2.05) is 50.2 Å². The molecule has 1 amide bonds. The third kappa shape index (κ3) is 4.40. The SMILES string of the molecule is CC[C@@H](C)N1C(=O)/C(=C\c2cccc(Cl)c2Cl)SC1=Nc1ccc(C)cc1. The van der Waals surface area contributed by atoms with Crippen molar-refractivity contribution in [1.29, 1.82) is 0 Å². The number of amidine groups is 1. The molecule has 0 radical (unpaired) electrons. The molecule has 0 saturated carbocycles. The topological polar surface area (TPSA) is 32.7 Å². The largest absolute Gasteiger partial charge is 0.284 e. The molecule has 0 spiro atoms. The summed E-state index contributed by atoms with van der Waals surface area (Å²) in [4.78, 5) is 20.1. The van der Waals surface area contributed by atoms with E-state index in [-0.39, 0.29) is 11.9 Å². The summed E-state index contributed by atoms with van der Waals surface area (Å²) < 4.78 is 0. The zero-order valence-corrected chi connectivity index (χ0v) is 17.7. The van der Waals surface area contributed by atoms with Crippen molar-refractivity contribution in [2.24, 2.45) is 4.99 Å². The van der Waals surface area contributed by atoms with Crippen molar-refractivity contribution in [2.45, 2.75) is 33.2 Å². The van der Waals surface area contributed by atoms with Gasteiger partial charge in [-0.15, -0.1) is 0 Å². The number of aryl methyl sites for hydroxylation is 1. The van der Waals surface area contributed by atoms with E-state index in [2.05, 4.69) is 6.92 Å². The highest BCUT2D eigenvalue weighted by molar-refractivity contribution is 8.18. The van der Waals surface area contributed by atoms with Gasteiger partial charge >= 0.3 is 0 Å². The number of thioether (sulfide) groups is 1. The summed E-state index contributed by atoms with van der Waals surface area (Å²) in [5, 5.41) is 1.59. The Bertz CT molecular complexity index is 922. The standard InChI is InChI=1S/C21H20Cl2N2OS/c1-4-14(3)25-20(26)18(12-15-6-5-7-17(22)19(15)23)27-21(25)24-16-10-8-13(2)9-11-16/h5-12,14H,4H2,1-3H3/b18-12+,24-21?/t14-/m1/s1. The van der Waals surface area contributed by atoms with Gasteiger partial charge in [0.15, 0.2) is 5.17 Å². The van der Waals surface area contributed by atoms with Gasteiger partial charge in [0.2, 0.25) is 0 Å². The Balaban J connectivity index is 2.01. The first-order valence-corrected chi connectivity index (χ1v) is 10.3. The third-order valence-corrected chi connectivity index (χ3v) is 6.21. The molecular weight excluding hydrogens is 399 g/mol. The first-order chi connectivity index (χ1) is 12.9. The molecule has 2 aromatic carbocycles. The molecule has 27 heavy (non-hydrogen) atoms. The average molecular weight is 419 g/mol. The van der Waals surface area contributed by atoms with Gasteiger partial charge in [-0.1, -0.05) is 60.0 Å². The van der Waals surface area contributed by atoms with Crippen molar-refractivity contribution in [3.8, 4) is 0 Å². The van der Waals surface area contributed by atoms with E-state index in [1.165, 1.54) is 17.3 Å². The van der Waals surface area contributed by atoms with E-state index in [9.17, 15) is 4.79 Å². The highest BCUT2D eigenvalue weighted by Crippen LogP contribution is 2.37. The van der Waals surface area contributed by atoms with Crippen LogP contribution in [-0.2, 0) is 4.79 Å². The second-order valence-electron chi connectivity index (χ2n) is 6.42. The number of benzene rings is 2. The van der Waals surface area contributed by atoms with Gasteiger partial charge in [0.25, 0.3) is 5.91 Å². The summed E-state index contributed by atoms with van der Waals surface area (Å²) in [6.07, 6.45) is 2.62. The van der Waals surface area contributed by atoms with Crippen LogP contribution in [0.1, 0.15) is 31.4 Å². The average Bonchev–Trinajstić information content (AvgIpc) is 2.95. The monoisotopic (exact) mass is 418 g/mol.